The van der Waals surface area contributed by atoms with Gasteiger partial charge >= 0.3 is 5.97 Å². The Hall–Kier alpha value is -3.48. The topological polar surface area (TPSA) is 106 Å². The summed E-state index contributed by atoms with van der Waals surface area (Å²) in [4.78, 5) is 26.5. The first-order valence-electron chi connectivity index (χ1n) is 7.42. The first kappa shape index (κ1) is 16.4. The van der Waals surface area contributed by atoms with E-state index in [1.165, 1.54) is 37.5 Å². The Labute approximate surface area is 142 Å². The second-order valence-corrected chi connectivity index (χ2v) is 5.64. The third-order valence-electron chi connectivity index (χ3n) is 4.08. The lowest BCUT2D eigenvalue weighted by Crippen LogP contribution is -2.34. The van der Waals surface area contributed by atoms with Gasteiger partial charge in [0.15, 0.2) is 5.41 Å². The Balaban J connectivity index is 2.05. The highest BCUT2D eigenvalue weighted by Crippen LogP contribution is 2.34. The van der Waals surface area contributed by atoms with Gasteiger partial charge in [-0.3, -0.25) is 14.9 Å². The fourth-order valence-corrected chi connectivity index (χ4v) is 2.50. The van der Waals surface area contributed by atoms with Crippen molar-refractivity contribution in [2.45, 2.75) is 12.3 Å². The zero-order valence-electron chi connectivity index (χ0n) is 13.2. The van der Waals surface area contributed by atoms with Gasteiger partial charge in [0, 0.05) is 17.7 Å². The molecule has 0 aliphatic rings. The molecule has 0 aliphatic heterocycles. The molecule has 0 saturated heterocycles. The number of nitro groups is 1. The molecule has 25 heavy (non-hydrogen) atoms. The Morgan fingerprint density at radius 3 is 2.36 bits per heavy atom. The van der Waals surface area contributed by atoms with Crippen molar-refractivity contribution >= 4 is 11.7 Å². The highest BCUT2D eigenvalue weighted by molar-refractivity contribution is 5.84. The van der Waals surface area contributed by atoms with Crippen molar-refractivity contribution in [1.29, 1.82) is 0 Å². The Morgan fingerprint density at radius 2 is 1.80 bits per heavy atom. The molecule has 0 bridgehead atoms. The zero-order valence-corrected chi connectivity index (χ0v) is 13.2. The van der Waals surface area contributed by atoms with Crippen molar-refractivity contribution < 1.29 is 19.2 Å². The number of non-ortho nitro benzene ring substituents is 1. The molecular weight excluding hydrogens is 324 g/mol. The lowest BCUT2D eigenvalue weighted by molar-refractivity contribution is -0.384. The van der Waals surface area contributed by atoms with Gasteiger partial charge in [0.05, 0.1) is 4.92 Å². The van der Waals surface area contributed by atoms with Gasteiger partial charge < -0.3 is 9.52 Å². The van der Waals surface area contributed by atoms with Gasteiger partial charge in [-0.1, -0.05) is 42.5 Å². The van der Waals surface area contributed by atoms with Crippen LogP contribution >= 0.6 is 0 Å². The maximum atomic E-state index is 12.0. The third-order valence-corrected chi connectivity index (χ3v) is 4.08. The molecule has 1 heterocycles. The van der Waals surface area contributed by atoms with E-state index in [2.05, 4.69) is 4.98 Å². The summed E-state index contributed by atoms with van der Waals surface area (Å²) in [7, 11) is 0. The number of carboxylic acids is 1. The molecule has 1 unspecified atom stereocenters. The van der Waals surface area contributed by atoms with Gasteiger partial charge in [0.25, 0.3) is 5.69 Å². The van der Waals surface area contributed by atoms with Crippen molar-refractivity contribution in [3.8, 4) is 11.3 Å². The molecule has 0 amide bonds. The molecule has 126 valence electrons. The molecule has 3 rings (SSSR count). The van der Waals surface area contributed by atoms with Gasteiger partial charge in [-0.05, 0) is 12.5 Å². The summed E-state index contributed by atoms with van der Waals surface area (Å²) >= 11 is 0. The predicted octanol–water partition coefficient (Wildman–Crippen LogP) is 3.64. The molecule has 0 spiro atoms. The number of oxazole rings is 1. The van der Waals surface area contributed by atoms with E-state index in [-0.39, 0.29) is 11.6 Å². The molecule has 2 aromatic carbocycles. The van der Waals surface area contributed by atoms with E-state index >= 15 is 0 Å². The van der Waals surface area contributed by atoms with Gasteiger partial charge in [-0.25, -0.2) is 4.98 Å². The molecule has 0 fully saturated rings. The lowest BCUT2D eigenvalue weighted by atomic mass is 9.82. The zero-order chi connectivity index (χ0) is 18.0. The number of aliphatic carboxylic acids is 1. The first-order valence-corrected chi connectivity index (χ1v) is 7.42. The molecule has 3 aromatic rings. The van der Waals surface area contributed by atoms with Crippen LogP contribution in [0.5, 0.6) is 0 Å². The van der Waals surface area contributed by atoms with Crippen LogP contribution in [0.25, 0.3) is 11.3 Å². The Bertz CT molecular complexity index is 918. The van der Waals surface area contributed by atoms with E-state index in [1.54, 1.807) is 0 Å². The number of hydrogen-bond donors (Lipinski definition) is 1. The smallest absolute Gasteiger partial charge is 0.323 e. The average molecular weight is 338 g/mol. The molecule has 7 nitrogen and oxygen atoms in total. The number of nitro benzene ring substituents is 1. The van der Waals surface area contributed by atoms with Crippen molar-refractivity contribution in [3.05, 3.63) is 82.4 Å². The number of benzene rings is 2. The van der Waals surface area contributed by atoms with Crippen LogP contribution < -0.4 is 0 Å². The average Bonchev–Trinajstić information content (AvgIpc) is 3.12. The normalized spacial score (nSPS) is 13.2. The summed E-state index contributed by atoms with van der Waals surface area (Å²) in [6.07, 6.45) is 1.40. The van der Waals surface area contributed by atoms with Gasteiger partial charge in [0.1, 0.15) is 12.0 Å². The highest BCUT2D eigenvalue weighted by atomic mass is 16.6. The van der Waals surface area contributed by atoms with E-state index < -0.39 is 16.3 Å². The summed E-state index contributed by atoms with van der Waals surface area (Å²) in [5, 5.41) is 20.5. The molecule has 1 N–H and O–H groups in total. The van der Waals surface area contributed by atoms with Crippen LogP contribution in [-0.4, -0.2) is 21.0 Å². The Morgan fingerprint density at radius 1 is 1.16 bits per heavy atom. The van der Waals surface area contributed by atoms with Crippen LogP contribution in [0, 0.1) is 10.1 Å². The minimum absolute atomic E-state index is 0.00714. The summed E-state index contributed by atoms with van der Waals surface area (Å²) in [6, 6.07) is 14.6. The third kappa shape index (κ3) is 2.87. The van der Waals surface area contributed by atoms with Crippen LogP contribution in [0.2, 0.25) is 0 Å². The molecular formula is C18H14N2O5. The summed E-state index contributed by atoms with van der Waals surface area (Å²) in [5.41, 5.74) is -0.0258. The monoisotopic (exact) mass is 338 g/mol. The fourth-order valence-electron chi connectivity index (χ4n) is 2.50. The van der Waals surface area contributed by atoms with E-state index in [0.29, 0.717) is 11.3 Å². The van der Waals surface area contributed by atoms with Crippen molar-refractivity contribution in [2.75, 3.05) is 0 Å². The van der Waals surface area contributed by atoms with Crippen LogP contribution in [0.3, 0.4) is 0 Å². The van der Waals surface area contributed by atoms with Crippen LogP contribution in [0.15, 0.2) is 65.3 Å². The maximum absolute atomic E-state index is 12.0. The minimum atomic E-state index is -1.57. The van der Waals surface area contributed by atoms with E-state index in [1.807, 2.05) is 30.3 Å². The van der Waals surface area contributed by atoms with E-state index in [9.17, 15) is 20.0 Å². The SMILES string of the molecule is CC(C(=O)O)(c1ccc([N+](=O)[O-])cc1)c1nc(-c2ccccc2)co1. The molecule has 0 aliphatic carbocycles. The van der Waals surface area contributed by atoms with E-state index in [0.717, 1.165) is 5.56 Å². The van der Waals surface area contributed by atoms with Crippen LogP contribution in [-0.2, 0) is 10.2 Å². The predicted molar refractivity (Wildman–Crippen MR) is 89.1 cm³/mol. The largest absolute Gasteiger partial charge is 0.480 e. The first-order chi connectivity index (χ1) is 11.9. The molecule has 1 atom stereocenters. The van der Waals surface area contributed by atoms with Crippen molar-refractivity contribution in [2.24, 2.45) is 0 Å². The molecule has 7 heteroatoms. The van der Waals surface area contributed by atoms with Gasteiger partial charge in [-0.15, -0.1) is 0 Å². The molecule has 0 radical (unpaired) electrons. The van der Waals surface area contributed by atoms with Crippen LogP contribution in [0.4, 0.5) is 5.69 Å². The van der Waals surface area contributed by atoms with E-state index in [4.69, 9.17) is 4.42 Å². The Kier molecular flexibility index (Phi) is 4.06. The second-order valence-electron chi connectivity index (χ2n) is 5.64. The minimum Gasteiger partial charge on any atom is -0.480 e. The van der Waals surface area contributed by atoms with Gasteiger partial charge in [0.2, 0.25) is 5.89 Å². The van der Waals surface area contributed by atoms with Crippen molar-refractivity contribution in [1.82, 2.24) is 4.98 Å². The van der Waals surface area contributed by atoms with Gasteiger partial charge in [-0.2, -0.15) is 0 Å². The number of aromatic nitrogens is 1. The number of carbonyl (C=O) groups is 1. The molecule has 0 saturated carbocycles. The summed E-state index contributed by atoms with van der Waals surface area (Å²) < 4.78 is 5.45. The maximum Gasteiger partial charge on any atom is 0.323 e. The van der Waals surface area contributed by atoms with Crippen molar-refractivity contribution in [3.63, 3.8) is 0 Å². The molecule has 1 aromatic heterocycles. The number of nitrogens with zero attached hydrogens (tertiary/aromatic N) is 2. The fraction of sp³-hybridized carbons (Fsp3) is 0.111. The summed E-state index contributed by atoms with van der Waals surface area (Å²) in [5.74, 6) is -1.16. The highest BCUT2D eigenvalue weighted by Gasteiger charge is 2.42. The number of rotatable bonds is 5. The number of carboxylic acid groups (broad SMARTS) is 1. The quantitative estimate of drug-likeness (QED) is 0.562. The summed E-state index contributed by atoms with van der Waals surface area (Å²) in [6.45, 7) is 1.46. The standard InChI is InChI=1S/C18H14N2O5/c1-18(17(21)22,13-7-9-14(10-8-13)20(23)24)16-19-15(11-25-16)12-5-3-2-4-6-12/h2-11H,1H3,(H,21,22). The second kappa shape index (κ2) is 6.20. The number of hydrogen-bond acceptors (Lipinski definition) is 5. The van der Waals surface area contributed by atoms with Crippen LogP contribution in [0.1, 0.15) is 18.4 Å². The lowest BCUT2D eigenvalue weighted by Gasteiger charge is -2.21.